The van der Waals surface area contributed by atoms with E-state index in [1.165, 1.54) is 82.1 Å². The van der Waals surface area contributed by atoms with Crippen LogP contribution in [0.15, 0.2) is 30.3 Å². The van der Waals surface area contributed by atoms with Crippen molar-refractivity contribution in [3.63, 3.8) is 0 Å². The highest BCUT2D eigenvalue weighted by molar-refractivity contribution is 6.33. The van der Waals surface area contributed by atoms with Gasteiger partial charge in [0.2, 0.25) is 0 Å². The van der Waals surface area contributed by atoms with E-state index in [-0.39, 0.29) is 26.6 Å². The Morgan fingerprint density at radius 3 is 1.72 bits per heavy atom. The Kier molecular flexibility index (Phi) is 17.1. The van der Waals surface area contributed by atoms with Gasteiger partial charge in [0.05, 0.1) is 34.0 Å². The molecule has 4 aliphatic carbocycles. The van der Waals surface area contributed by atoms with Crippen LogP contribution >= 0.6 is 23.2 Å². The van der Waals surface area contributed by atoms with E-state index in [4.69, 9.17) is 23.2 Å². The van der Waals surface area contributed by atoms with Crippen LogP contribution < -0.4 is 10.6 Å². The number of phenolic OH excluding ortho intramolecular Hbond substituents is 2. The van der Waals surface area contributed by atoms with Crippen LogP contribution in [0.2, 0.25) is 10.0 Å². The molecule has 0 radical (unpaired) electrons. The number of carboxylic acid groups (broad SMARTS) is 4. The molecule has 0 heterocycles. The van der Waals surface area contributed by atoms with Crippen molar-refractivity contribution in [2.24, 2.45) is 58.2 Å². The van der Waals surface area contributed by atoms with Gasteiger partial charge in [-0.1, -0.05) is 83.2 Å². The van der Waals surface area contributed by atoms with Gasteiger partial charge in [-0.3, -0.25) is 19.2 Å². The van der Waals surface area contributed by atoms with Gasteiger partial charge < -0.3 is 41.3 Å². The van der Waals surface area contributed by atoms with E-state index in [1.54, 1.807) is 0 Å². The maximum absolute atomic E-state index is 13.5. The number of fused-ring (bicyclic) bond motifs is 5. The van der Waals surface area contributed by atoms with Crippen LogP contribution in [0.25, 0.3) is 5.57 Å². The molecule has 2 amide bonds. The number of amides is 2. The molecule has 11 atom stereocenters. The maximum Gasteiger partial charge on any atom is 0.326 e. The highest BCUT2D eigenvalue weighted by Gasteiger charge is 2.60. The van der Waals surface area contributed by atoms with Crippen LogP contribution in [-0.2, 0) is 19.2 Å². The first kappa shape index (κ1) is 53.5. The molecule has 6 rings (SSSR count). The fraction of sp³-hybridized carbons (Fsp3) is 0.623. The first-order chi connectivity index (χ1) is 32.4. The molecule has 378 valence electrons. The Morgan fingerprint density at radius 2 is 1.22 bits per heavy atom. The van der Waals surface area contributed by atoms with Crippen molar-refractivity contribution in [1.82, 2.24) is 10.6 Å². The lowest BCUT2D eigenvalue weighted by atomic mass is 9.44. The average molecular weight is 998 g/mol. The summed E-state index contributed by atoms with van der Waals surface area (Å²) in [6.45, 7) is 12.4. The van der Waals surface area contributed by atoms with Crippen molar-refractivity contribution in [2.75, 3.05) is 0 Å². The Bertz CT molecular complexity index is 2230. The topological polar surface area (TPSA) is 248 Å². The number of aliphatic carboxylic acids is 4. The van der Waals surface area contributed by atoms with Crippen LogP contribution in [0.1, 0.15) is 169 Å². The molecule has 14 nitrogen and oxygen atoms in total. The van der Waals surface area contributed by atoms with Crippen molar-refractivity contribution in [3.8, 4) is 11.5 Å². The number of nitrogens with one attached hydrogen (secondary N) is 2. The second-order valence-corrected chi connectivity index (χ2v) is 22.5. The summed E-state index contributed by atoms with van der Waals surface area (Å²) in [7, 11) is 0. The van der Waals surface area contributed by atoms with Crippen molar-refractivity contribution >= 4 is 64.5 Å². The zero-order chi connectivity index (χ0) is 50.7. The van der Waals surface area contributed by atoms with E-state index in [0.29, 0.717) is 29.2 Å². The zero-order valence-corrected chi connectivity index (χ0v) is 41.9. The third-order valence-corrected chi connectivity index (χ3v) is 17.7. The third kappa shape index (κ3) is 11.9. The first-order valence-electron chi connectivity index (χ1n) is 24.7. The molecule has 2 aromatic rings. The van der Waals surface area contributed by atoms with Gasteiger partial charge in [-0.15, -0.1) is 0 Å². The van der Waals surface area contributed by atoms with Crippen molar-refractivity contribution in [3.05, 3.63) is 62.6 Å². The molecule has 0 saturated heterocycles. The molecular formula is C53H70Cl2N2O12. The minimum Gasteiger partial charge on any atom is -0.506 e. The maximum atomic E-state index is 13.5. The SMILES string of the molecule is CC(C)CCCC(C)[C@H]1CC[C@H]2[C@@H]3CCC4C[C@@H](CCC=C(c5cc(Cl)c(O)c(C(=O)N[C@@H](CC(=O)O)C(=O)O)c5)c5cc(Cl)c(O)c(C(=O)N[C@@H](CC(=O)O)C(=O)O)c5)CC[C@]4(C)[C@H]3CC[C@]12C. The number of halogens is 2. The summed E-state index contributed by atoms with van der Waals surface area (Å²) in [5.41, 5.74) is 0.478. The van der Waals surface area contributed by atoms with Gasteiger partial charge in [0, 0.05) is 0 Å². The Labute approximate surface area is 414 Å². The van der Waals surface area contributed by atoms with E-state index in [1.807, 2.05) is 6.08 Å². The number of hydrogen-bond acceptors (Lipinski definition) is 8. The lowest BCUT2D eigenvalue weighted by Gasteiger charge is -2.61. The van der Waals surface area contributed by atoms with Crippen LogP contribution in [0, 0.1) is 58.2 Å². The lowest BCUT2D eigenvalue weighted by Crippen LogP contribution is -2.53. The van der Waals surface area contributed by atoms with Crippen molar-refractivity contribution in [2.45, 2.75) is 149 Å². The molecule has 0 aromatic heterocycles. The number of carboxylic acids is 4. The second kappa shape index (κ2) is 22.1. The number of benzene rings is 2. The first-order valence-corrected chi connectivity index (χ1v) is 25.5. The second-order valence-electron chi connectivity index (χ2n) is 21.7. The largest absolute Gasteiger partial charge is 0.506 e. The summed E-state index contributed by atoms with van der Waals surface area (Å²) < 4.78 is 0. The minimum atomic E-state index is -1.85. The number of allylic oxidation sites excluding steroid dienone is 1. The van der Waals surface area contributed by atoms with E-state index in [2.05, 4.69) is 45.3 Å². The van der Waals surface area contributed by atoms with Gasteiger partial charge in [-0.25, -0.2) is 9.59 Å². The normalized spacial score (nSPS) is 27.4. The Balaban J connectivity index is 1.26. The quantitative estimate of drug-likeness (QED) is 0.0617. The van der Waals surface area contributed by atoms with E-state index >= 15 is 0 Å². The molecule has 0 bridgehead atoms. The molecule has 8 N–H and O–H groups in total. The molecule has 0 aliphatic heterocycles. The average Bonchev–Trinajstić information content (AvgIpc) is 3.63. The van der Waals surface area contributed by atoms with E-state index in [0.717, 1.165) is 61.2 Å². The van der Waals surface area contributed by atoms with Gasteiger partial charge in [0.15, 0.2) is 0 Å². The van der Waals surface area contributed by atoms with Crippen LogP contribution in [0.4, 0.5) is 0 Å². The van der Waals surface area contributed by atoms with Crippen molar-refractivity contribution in [1.29, 1.82) is 0 Å². The summed E-state index contributed by atoms with van der Waals surface area (Å²) in [4.78, 5) is 73.5. The van der Waals surface area contributed by atoms with Gasteiger partial charge in [-0.2, -0.15) is 0 Å². The summed E-state index contributed by atoms with van der Waals surface area (Å²) in [6.07, 6.45) is 16.3. The highest BCUT2D eigenvalue weighted by Crippen LogP contribution is 2.69. The number of hydrogen-bond donors (Lipinski definition) is 8. The van der Waals surface area contributed by atoms with E-state index < -0.39 is 83.2 Å². The fourth-order valence-corrected chi connectivity index (χ4v) is 14.0. The summed E-state index contributed by atoms with van der Waals surface area (Å²) in [5, 5.41) is 63.3. The third-order valence-electron chi connectivity index (χ3n) is 17.1. The fourth-order valence-electron chi connectivity index (χ4n) is 13.6. The number of rotatable bonds is 20. The molecule has 2 unspecified atom stereocenters. The number of phenols is 2. The number of carbonyl (C=O) groups is 6. The summed E-state index contributed by atoms with van der Waals surface area (Å²) >= 11 is 13.0. The molecule has 2 aromatic carbocycles. The molecule has 4 fully saturated rings. The monoisotopic (exact) mass is 996 g/mol. The summed E-state index contributed by atoms with van der Waals surface area (Å²) in [5.74, 6) is -4.31. The number of carbonyl (C=O) groups excluding carboxylic acids is 2. The Morgan fingerprint density at radius 1 is 0.696 bits per heavy atom. The molecule has 16 heteroatoms. The van der Waals surface area contributed by atoms with Gasteiger partial charge in [0.1, 0.15) is 23.6 Å². The highest BCUT2D eigenvalue weighted by atomic mass is 35.5. The van der Waals surface area contributed by atoms with Crippen LogP contribution in [0.5, 0.6) is 11.5 Å². The number of aromatic hydroxyl groups is 2. The minimum absolute atomic E-state index is 0.202. The molecule has 0 spiro atoms. The molecular weight excluding hydrogens is 927 g/mol. The van der Waals surface area contributed by atoms with Gasteiger partial charge >= 0.3 is 23.9 Å². The standard InChI is InChI=1S/C53H70Cl2N2O12/c1-27(2)8-6-9-28(3)37-14-15-38-34-13-12-32-20-29(16-18-52(32,4)39(34)17-19-53(37,38)5)10-7-11-33(30-21-35(46(62)40(54)23-30)48(64)56-42(50(66)67)25-44(58)59)31-22-36(47(63)41(55)24-31)49(65)57-43(51(68)69)26-45(60)61/h11,21-24,27-29,32,34,37-39,42-43,62-63H,6-10,12-20,25-26H2,1-5H3,(H,56,64)(H,57,65)(H,58,59)(H,60,61)(H,66,67)(H,68,69)/t28?,29-,32?,34-,37+,38-,39-,42-,43-,52-,53+/m0/s1. The van der Waals surface area contributed by atoms with Crippen LogP contribution in [0.3, 0.4) is 0 Å². The Hall–Kier alpha value is -4.82. The van der Waals surface area contributed by atoms with E-state index in [9.17, 15) is 59.4 Å². The van der Waals surface area contributed by atoms with Crippen molar-refractivity contribution < 1.29 is 59.4 Å². The molecule has 4 aliphatic rings. The zero-order valence-electron chi connectivity index (χ0n) is 40.4. The predicted octanol–water partition coefficient (Wildman–Crippen LogP) is 10.7. The molecule has 69 heavy (non-hydrogen) atoms. The predicted molar refractivity (Wildman–Crippen MR) is 261 cm³/mol. The van der Waals surface area contributed by atoms with Gasteiger partial charge in [-0.05, 0) is 170 Å². The summed E-state index contributed by atoms with van der Waals surface area (Å²) in [6, 6.07) is 1.46. The van der Waals surface area contributed by atoms with Gasteiger partial charge in [0.25, 0.3) is 11.8 Å². The molecule has 4 saturated carbocycles. The lowest BCUT2D eigenvalue weighted by molar-refractivity contribution is -0.145. The van der Waals surface area contributed by atoms with Crippen LogP contribution in [-0.4, -0.2) is 78.4 Å². The smallest absolute Gasteiger partial charge is 0.326 e.